The van der Waals surface area contributed by atoms with Crippen molar-refractivity contribution in [2.75, 3.05) is 6.61 Å². The minimum Gasteiger partial charge on any atom is -0.465 e. The Bertz CT molecular complexity index is 271. The van der Waals surface area contributed by atoms with E-state index in [0.717, 1.165) is 6.92 Å². The van der Waals surface area contributed by atoms with E-state index in [1.807, 2.05) is 0 Å². The van der Waals surface area contributed by atoms with Crippen molar-refractivity contribution >= 4 is 17.9 Å². The van der Waals surface area contributed by atoms with E-state index >= 15 is 0 Å². The number of esters is 3. The van der Waals surface area contributed by atoms with Gasteiger partial charge in [-0.25, -0.2) is 0 Å². The molecule has 0 aliphatic carbocycles. The Hall–Kier alpha value is -1.39. The SMILES string of the molecule is CCOC(=O)C(C)(CC)C(=O)OC(C)=O. The highest BCUT2D eigenvalue weighted by Crippen LogP contribution is 2.25. The van der Waals surface area contributed by atoms with Crippen LogP contribution in [0.3, 0.4) is 0 Å². The Kier molecular flexibility index (Phi) is 4.97. The van der Waals surface area contributed by atoms with E-state index in [2.05, 4.69) is 4.74 Å². The van der Waals surface area contributed by atoms with Gasteiger partial charge in [-0.1, -0.05) is 6.92 Å². The highest BCUT2D eigenvalue weighted by molar-refractivity contribution is 6.02. The van der Waals surface area contributed by atoms with Crippen molar-refractivity contribution in [3.05, 3.63) is 0 Å². The minimum absolute atomic E-state index is 0.182. The lowest BCUT2D eigenvalue weighted by Crippen LogP contribution is -2.39. The second-order valence-electron chi connectivity index (χ2n) is 3.29. The van der Waals surface area contributed by atoms with Gasteiger partial charge in [0.2, 0.25) is 0 Å². The highest BCUT2D eigenvalue weighted by Gasteiger charge is 2.43. The summed E-state index contributed by atoms with van der Waals surface area (Å²) >= 11 is 0. The normalized spacial score (nSPS) is 13.9. The Morgan fingerprint density at radius 1 is 1.13 bits per heavy atom. The van der Waals surface area contributed by atoms with E-state index in [1.54, 1.807) is 13.8 Å². The van der Waals surface area contributed by atoms with Crippen molar-refractivity contribution in [1.29, 1.82) is 0 Å². The lowest BCUT2D eigenvalue weighted by atomic mass is 9.88. The van der Waals surface area contributed by atoms with E-state index in [0.29, 0.717) is 0 Å². The number of hydrogen-bond donors (Lipinski definition) is 0. The molecular formula is C10H16O5. The van der Waals surface area contributed by atoms with Crippen LogP contribution in [-0.2, 0) is 23.9 Å². The van der Waals surface area contributed by atoms with Crippen LogP contribution in [0.2, 0.25) is 0 Å². The second-order valence-corrected chi connectivity index (χ2v) is 3.29. The molecule has 15 heavy (non-hydrogen) atoms. The summed E-state index contributed by atoms with van der Waals surface area (Å²) in [6.07, 6.45) is 0.220. The first-order valence-electron chi connectivity index (χ1n) is 4.78. The Morgan fingerprint density at radius 2 is 1.67 bits per heavy atom. The third-order valence-electron chi connectivity index (χ3n) is 2.12. The lowest BCUT2D eigenvalue weighted by molar-refractivity contribution is -0.174. The molecule has 0 bridgehead atoms. The third-order valence-corrected chi connectivity index (χ3v) is 2.12. The van der Waals surface area contributed by atoms with Crippen LogP contribution in [0.25, 0.3) is 0 Å². The topological polar surface area (TPSA) is 69.7 Å². The number of hydrogen-bond acceptors (Lipinski definition) is 5. The van der Waals surface area contributed by atoms with Gasteiger partial charge in [0.25, 0.3) is 0 Å². The number of carbonyl (C=O) groups excluding carboxylic acids is 3. The quantitative estimate of drug-likeness (QED) is 0.519. The highest BCUT2D eigenvalue weighted by atomic mass is 16.6. The van der Waals surface area contributed by atoms with Crippen molar-refractivity contribution in [1.82, 2.24) is 0 Å². The molecule has 5 nitrogen and oxygen atoms in total. The fourth-order valence-electron chi connectivity index (χ4n) is 0.906. The zero-order valence-corrected chi connectivity index (χ0v) is 9.46. The predicted molar refractivity (Wildman–Crippen MR) is 51.8 cm³/mol. The van der Waals surface area contributed by atoms with Crippen LogP contribution in [0.1, 0.15) is 34.1 Å². The van der Waals surface area contributed by atoms with Crippen molar-refractivity contribution < 1.29 is 23.9 Å². The molecule has 0 N–H and O–H groups in total. The zero-order valence-electron chi connectivity index (χ0n) is 9.46. The van der Waals surface area contributed by atoms with Gasteiger partial charge in [-0.05, 0) is 20.3 Å². The van der Waals surface area contributed by atoms with Crippen LogP contribution >= 0.6 is 0 Å². The summed E-state index contributed by atoms with van der Waals surface area (Å²) in [5.74, 6) is -2.27. The van der Waals surface area contributed by atoms with Gasteiger partial charge in [0, 0.05) is 6.92 Å². The van der Waals surface area contributed by atoms with E-state index in [1.165, 1.54) is 6.92 Å². The first-order chi connectivity index (χ1) is 6.88. The van der Waals surface area contributed by atoms with Gasteiger partial charge >= 0.3 is 17.9 Å². The molecule has 0 aromatic rings. The zero-order chi connectivity index (χ0) is 12.1. The van der Waals surface area contributed by atoms with E-state index in [4.69, 9.17) is 4.74 Å². The fourth-order valence-corrected chi connectivity index (χ4v) is 0.906. The van der Waals surface area contributed by atoms with E-state index < -0.39 is 23.3 Å². The molecular weight excluding hydrogens is 200 g/mol. The molecule has 1 unspecified atom stereocenters. The van der Waals surface area contributed by atoms with Gasteiger partial charge in [-0.15, -0.1) is 0 Å². The molecule has 0 saturated heterocycles. The number of carbonyl (C=O) groups is 3. The maximum atomic E-state index is 11.5. The van der Waals surface area contributed by atoms with Crippen LogP contribution < -0.4 is 0 Å². The summed E-state index contributed by atoms with van der Waals surface area (Å²) in [6, 6.07) is 0. The van der Waals surface area contributed by atoms with Crippen molar-refractivity contribution in [3.63, 3.8) is 0 Å². The summed E-state index contributed by atoms with van der Waals surface area (Å²) in [4.78, 5) is 33.6. The van der Waals surface area contributed by atoms with Crippen LogP contribution in [0.5, 0.6) is 0 Å². The van der Waals surface area contributed by atoms with Gasteiger partial charge in [-0.3, -0.25) is 14.4 Å². The summed E-state index contributed by atoms with van der Waals surface area (Å²) in [5, 5.41) is 0. The molecule has 86 valence electrons. The van der Waals surface area contributed by atoms with E-state index in [-0.39, 0.29) is 13.0 Å². The van der Waals surface area contributed by atoms with Gasteiger partial charge in [0.1, 0.15) is 0 Å². The molecule has 0 heterocycles. The summed E-state index contributed by atoms with van der Waals surface area (Å²) in [7, 11) is 0. The van der Waals surface area contributed by atoms with Crippen LogP contribution in [-0.4, -0.2) is 24.5 Å². The standard InChI is InChI=1S/C10H16O5/c1-5-10(4,8(12)14-6-2)9(13)15-7(3)11/h5-6H2,1-4H3. The molecule has 0 aromatic carbocycles. The van der Waals surface area contributed by atoms with Crippen LogP contribution in [0.4, 0.5) is 0 Å². The first kappa shape index (κ1) is 13.6. The van der Waals surface area contributed by atoms with Crippen LogP contribution in [0, 0.1) is 5.41 Å². The summed E-state index contributed by atoms with van der Waals surface area (Å²) in [5.41, 5.74) is -1.40. The van der Waals surface area contributed by atoms with Crippen molar-refractivity contribution in [3.8, 4) is 0 Å². The van der Waals surface area contributed by atoms with Gasteiger partial charge in [0.15, 0.2) is 5.41 Å². The Morgan fingerprint density at radius 3 is 2.00 bits per heavy atom. The average Bonchev–Trinajstić information content (AvgIpc) is 2.15. The van der Waals surface area contributed by atoms with Gasteiger partial charge in [-0.2, -0.15) is 0 Å². The van der Waals surface area contributed by atoms with Gasteiger partial charge in [0.05, 0.1) is 6.61 Å². The molecule has 0 amide bonds. The molecule has 0 spiro atoms. The largest absolute Gasteiger partial charge is 0.465 e. The third kappa shape index (κ3) is 3.34. The lowest BCUT2D eigenvalue weighted by Gasteiger charge is -2.22. The van der Waals surface area contributed by atoms with Gasteiger partial charge < -0.3 is 9.47 Å². The Labute approximate surface area is 88.7 Å². The predicted octanol–water partition coefficient (Wildman–Crippen LogP) is 1.06. The smallest absolute Gasteiger partial charge is 0.330 e. The molecule has 0 aliphatic heterocycles. The molecule has 0 saturated carbocycles. The van der Waals surface area contributed by atoms with Crippen molar-refractivity contribution in [2.24, 2.45) is 5.41 Å². The molecule has 0 radical (unpaired) electrons. The molecule has 5 heteroatoms. The molecule has 0 aliphatic rings. The number of ether oxygens (including phenoxy) is 2. The monoisotopic (exact) mass is 216 g/mol. The Balaban J connectivity index is 4.75. The van der Waals surface area contributed by atoms with Crippen LogP contribution in [0.15, 0.2) is 0 Å². The molecule has 0 aromatic heterocycles. The number of rotatable bonds is 4. The molecule has 1 atom stereocenters. The van der Waals surface area contributed by atoms with E-state index in [9.17, 15) is 14.4 Å². The van der Waals surface area contributed by atoms with Crippen molar-refractivity contribution in [2.45, 2.75) is 34.1 Å². The second kappa shape index (κ2) is 5.48. The summed E-state index contributed by atoms with van der Waals surface area (Å²) < 4.78 is 9.14. The minimum atomic E-state index is -1.40. The maximum Gasteiger partial charge on any atom is 0.330 e. The average molecular weight is 216 g/mol. The molecule has 0 fully saturated rings. The molecule has 0 rings (SSSR count). The summed E-state index contributed by atoms with van der Waals surface area (Å²) in [6.45, 7) is 5.99. The fraction of sp³-hybridized carbons (Fsp3) is 0.700. The maximum absolute atomic E-state index is 11.5. The first-order valence-corrected chi connectivity index (χ1v) is 4.78.